The molecule has 1 heterocycles. The van der Waals surface area contributed by atoms with Crippen LogP contribution in [0.5, 0.6) is 0 Å². The highest BCUT2D eigenvalue weighted by atomic mass is 28.3. The summed E-state index contributed by atoms with van der Waals surface area (Å²) in [6.45, 7) is 6.20. The van der Waals surface area contributed by atoms with Gasteiger partial charge in [-0.1, -0.05) is 19.2 Å². The standard InChI is InChI=1S/C11H18N2Si/c1-14(2)7-3-6-13(14)11-5-4-10(8-11)9-12/h4,11H,3,5-8H2,1-2H3. The SMILES string of the molecule is C[Si]1(C)CCCN1C1CC=C(C#N)C1. The molecule has 2 rings (SSSR count). The summed E-state index contributed by atoms with van der Waals surface area (Å²) >= 11 is 0. The van der Waals surface area contributed by atoms with E-state index in [-0.39, 0.29) is 0 Å². The number of rotatable bonds is 1. The second-order valence-corrected chi connectivity index (χ2v) is 9.74. The molecule has 0 bridgehead atoms. The van der Waals surface area contributed by atoms with E-state index < -0.39 is 8.24 Å². The average Bonchev–Trinajstić information content (AvgIpc) is 2.70. The van der Waals surface area contributed by atoms with Crippen LogP contribution in [0.15, 0.2) is 11.6 Å². The zero-order chi connectivity index (χ0) is 10.2. The molecule has 2 aliphatic rings. The Hall–Kier alpha value is -0.593. The Kier molecular flexibility index (Phi) is 2.50. The molecule has 1 saturated heterocycles. The first kappa shape index (κ1) is 9.94. The van der Waals surface area contributed by atoms with Crippen molar-refractivity contribution in [2.45, 2.75) is 44.4 Å². The summed E-state index contributed by atoms with van der Waals surface area (Å²) < 4.78 is 2.73. The summed E-state index contributed by atoms with van der Waals surface area (Å²) in [6.07, 6.45) is 5.62. The molecule has 0 aromatic heterocycles. The van der Waals surface area contributed by atoms with Gasteiger partial charge in [0.15, 0.2) is 0 Å². The van der Waals surface area contributed by atoms with Crippen LogP contribution >= 0.6 is 0 Å². The van der Waals surface area contributed by atoms with Gasteiger partial charge in [0.25, 0.3) is 0 Å². The Morgan fingerprint density at radius 1 is 1.57 bits per heavy atom. The van der Waals surface area contributed by atoms with Gasteiger partial charge in [-0.25, -0.2) is 0 Å². The summed E-state index contributed by atoms with van der Waals surface area (Å²) in [7, 11) is -1.09. The third-order valence-corrected chi connectivity index (χ3v) is 7.36. The number of nitriles is 1. The van der Waals surface area contributed by atoms with Crippen molar-refractivity contribution in [3.05, 3.63) is 11.6 Å². The molecule has 1 aliphatic carbocycles. The largest absolute Gasteiger partial charge is 0.320 e. The molecule has 1 aliphatic heterocycles. The maximum atomic E-state index is 8.83. The van der Waals surface area contributed by atoms with E-state index in [0.29, 0.717) is 6.04 Å². The minimum Gasteiger partial charge on any atom is -0.320 e. The fraction of sp³-hybridized carbons (Fsp3) is 0.727. The van der Waals surface area contributed by atoms with Gasteiger partial charge in [0.2, 0.25) is 0 Å². The third kappa shape index (κ3) is 1.64. The normalized spacial score (nSPS) is 31.5. The molecule has 14 heavy (non-hydrogen) atoms. The van der Waals surface area contributed by atoms with E-state index in [0.717, 1.165) is 18.4 Å². The molecule has 0 radical (unpaired) electrons. The second kappa shape index (κ2) is 3.52. The maximum Gasteiger partial charge on any atom is 0.122 e. The highest BCUT2D eigenvalue weighted by Crippen LogP contribution is 2.33. The van der Waals surface area contributed by atoms with Crippen LogP contribution in [0.1, 0.15) is 19.3 Å². The molecular weight excluding hydrogens is 188 g/mol. The zero-order valence-corrected chi connectivity index (χ0v) is 10.1. The number of nitrogens with zero attached hydrogens (tertiary/aromatic N) is 2. The summed E-state index contributed by atoms with van der Waals surface area (Å²) in [5, 5.41) is 8.83. The van der Waals surface area contributed by atoms with Gasteiger partial charge in [-0.05, 0) is 31.9 Å². The van der Waals surface area contributed by atoms with Gasteiger partial charge in [0, 0.05) is 11.6 Å². The molecule has 1 unspecified atom stereocenters. The van der Waals surface area contributed by atoms with Crippen molar-refractivity contribution in [3.63, 3.8) is 0 Å². The number of hydrogen-bond donors (Lipinski definition) is 0. The van der Waals surface area contributed by atoms with Gasteiger partial charge in [0.05, 0.1) is 6.07 Å². The Morgan fingerprint density at radius 2 is 2.36 bits per heavy atom. The van der Waals surface area contributed by atoms with E-state index in [1.807, 2.05) is 0 Å². The van der Waals surface area contributed by atoms with Crippen molar-refractivity contribution in [2.75, 3.05) is 6.54 Å². The molecule has 0 amide bonds. The molecular formula is C11H18N2Si. The van der Waals surface area contributed by atoms with Crippen LogP contribution in [0, 0.1) is 11.3 Å². The van der Waals surface area contributed by atoms with Crippen LogP contribution in [-0.4, -0.2) is 25.4 Å². The van der Waals surface area contributed by atoms with Gasteiger partial charge in [-0.2, -0.15) is 5.26 Å². The van der Waals surface area contributed by atoms with Crippen LogP contribution in [0.3, 0.4) is 0 Å². The Morgan fingerprint density at radius 3 is 2.86 bits per heavy atom. The smallest absolute Gasteiger partial charge is 0.122 e. The topological polar surface area (TPSA) is 27.0 Å². The molecule has 1 atom stereocenters. The predicted octanol–water partition coefficient (Wildman–Crippen LogP) is 2.51. The van der Waals surface area contributed by atoms with Crippen molar-refractivity contribution < 1.29 is 0 Å². The van der Waals surface area contributed by atoms with Crippen molar-refractivity contribution in [2.24, 2.45) is 0 Å². The molecule has 0 spiro atoms. The van der Waals surface area contributed by atoms with Gasteiger partial charge in [-0.3, -0.25) is 0 Å². The molecule has 3 heteroatoms. The highest BCUT2D eigenvalue weighted by molar-refractivity contribution is 6.75. The van der Waals surface area contributed by atoms with Crippen LogP contribution in [-0.2, 0) is 0 Å². The fourth-order valence-corrected chi connectivity index (χ4v) is 6.09. The van der Waals surface area contributed by atoms with Crippen LogP contribution in [0.2, 0.25) is 19.1 Å². The molecule has 2 nitrogen and oxygen atoms in total. The lowest BCUT2D eigenvalue weighted by molar-refractivity contribution is 0.349. The van der Waals surface area contributed by atoms with Crippen LogP contribution in [0.25, 0.3) is 0 Å². The summed E-state index contributed by atoms with van der Waals surface area (Å²) in [6, 6.07) is 4.39. The van der Waals surface area contributed by atoms with E-state index in [4.69, 9.17) is 5.26 Å². The minimum atomic E-state index is -1.09. The summed E-state index contributed by atoms with van der Waals surface area (Å²) in [5.74, 6) is 0. The van der Waals surface area contributed by atoms with Crippen molar-refractivity contribution in [1.82, 2.24) is 4.57 Å². The van der Waals surface area contributed by atoms with Crippen LogP contribution < -0.4 is 0 Å². The molecule has 0 N–H and O–H groups in total. The Balaban J connectivity index is 2.02. The van der Waals surface area contributed by atoms with Crippen molar-refractivity contribution in [1.29, 1.82) is 5.26 Å². The molecule has 76 valence electrons. The first-order chi connectivity index (χ1) is 6.63. The number of hydrogen-bond acceptors (Lipinski definition) is 2. The Labute approximate surface area is 87.3 Å². The average molecular weight is 206 g/mol. The highest BCUT2D eigenvalue weighted by Gasteiger charge is 2.39. The lowest BCUT2D eigenvalue weighted by atomic mass is 10.2. The predicted molar refractivity (Wildman–Crippen MR) is 60.3 cm³/mol. The van der Waals surface area contributed by atoms with Crippen LogP contribution in [0.4, 0.5) is 0 Å². The molecule has 0 saturated carbocycles. The van der Waals surface area contributed by atoms with Crippen molar-refractivity contribution in [3.8, 4) is 6.07 Å². The quantitative estimate of drug-likeness (QED) is 0.616. The fourth-order valence-electron chi connectivity index (χ4n) is 2.83. The van der Waals surface area contributed by atoms with Crippen molar-refractivity contribution >= 4 is 8.24 Å². The lowest BCUT2D eigenvalue weighted by Crippen LogP contribution is -2.48. The van der Waals surface area contributed by atoms with Gasteiger partial charge in [0.1, 0.15) is 8.24 Å². The van der Waals surface area contributed by atoms with E-state index >= 15 is 0 Å². The lowest BCUT2D eigenvalue weighted by Gasteiger charge is -2.35. The Bertz CT molecular complexity index is 301. The van der Waals surface area contributed by atoms with Gasteiger partial charge < -0.3 is 4.57 Å². The summed E-state index contributed by atoms with van der Waals surface area (Å²) in [5.41, 5.74) is 1.01. The maximum absolute atomic E-state index is 8.83. The van der Waals surface area contributed by atoms with E-state index in [2.05, 4.69) is 29.8 Å². The second-order valence-electron chi connectivity index (χ2n) is 5.04. The minimum absolute atomic E-state index is 0.661. The molecule has 0 aromatic carbocycles. The van der Waals surface area contributed by atoms with Gasteiger partial charge in [-0.15, -0.1) is 0 Å². The molecule has 0 aromatic rings. The summed E-state index contributed by atoms with van der Waals surface area (Å²) in [4.78, 5) is 0. The van der Waals surface area contributed by atoms with E-state index in [9.17, 15) is 0 Å². The monoisotopic (exact) mass is 206 g/mol. The zero-order valence-electron chi connectivity index (χ0n) is 9.08. The molecule has 1 fully saturated rings. The first-order valence-corrected chi connectivity index (χ1v) is 8.65. The van der Waals surface area contributed by atoms with Gasteiger partial charge >= 0.3 is 0 Å². The van der Waals surface area contributed by atoms with E-state index in [1.54, 1.807) is 0 Å². The van der Waals surface area contributed by atoms with E-state index in [1.165, 1.54) is 19.0 Å². The third-order valence-electron chi connectivity index (χ3n) is 3.64. The first-order valence-electron chi connectivity index (χ1n) is 5.49.